The van der Waals surface area contributed by atoms with E-state index in [0.29, 0.717) is 31.1 Å². The fourth-order valence-electron chi connectivity index (χ4n) is 4.06. The van der Waals surface area contributed by atoms with E-state index in [1.54, 1.807) is 14.2 Å². The second-order valence-corrected chi connectivity index (χ2v) is 7.80. The summed E-state index contributed by atoms with van der Waals surface area (Å²) in [7, 11) is 3.26. The van der Waals surface area contributed by atoms with Gasteiger partial charge in [-0.1, -0.05) is 24.3 Å². The maximum atomic E-state index is 13.0. The molecule has 1 aliphatic rings. The Hall–Kier alpha value is -2.73. The number of hydrogen-bond acceptors (Lipinski definition) is 4. The molecule has 0 atom stereocenters. The Morgan fingerprint density at radius 1 is 1.07 bits per heavy atom. The zero-order chi connectivity index (χ0) is 21.5. The first kappa shape index (κ1) is 22.0. The average molecular weight is 413 g/mol. The van der Waals surface area contributed by atoms with E-state index in [4.69, 9.17) is 9.47 Å². The number of amides is 1. The molecule has 162 valence electrons. The molecule has 30 heavy (non-hydrogen) atoms. The van der Waals surface area contributed by atoms with Crippen LogP contribution >= 0.6 is 0 Å². The first-order valence-electron chi connectivity index (χ1n) is 10.7. The van der Waals surface area contributed by atoms with Crippen molar-refractivity contribution in [2.45, 2.75) is 20.4 Å². The van der Waals surface area contributed by atoms with Crippen molar-refractivity contribution in [2.75, 3.05) is 58.4 Å². The lowest BCUT2D eigenvalue weighted by Gasteiger charge is -2.35. The van der Waals surface area contributed by atoms with Gasteiger partial charge in [-0.05, 0) is 43.2 Å². The third-order valence-electron chi connectivity index (χ3n) is 5.88. The normalized spacial score (nSPS) is 14.5. The molecule has 3 rings (SSSR count). The summed E-state index contributed by atoms with van der Waals surface area (Å²) in [6.45, 7) is 9.93. The highest BCUT2D eigenvalue weighted by molar-refractivity contribution is 5.77. The molecule has 1 saturated heterocycles. The number of nitrogens with one attached hydrogen (secondary N) is 1. The van der Waals surface area contributed by atoms with Crippen LogP contribution in [0.2, 0.25) is 0 Å². The molecule has 0 saturated carbocycles. The number of piperazine rings is 1. The number of likely N-dealkylation sites (N-methyl/N-ethyl adjacent to an activating group) is 1. The van der Waals surface area contributed by atoms with E-state index >= 15 is 0 Å². The monoisotopic (exact) mass is 412 g/mol. The van der Waals surface area contributed by atoms with Crippen LogP contribution in [0.5, 0.6) is 11.5 Å². The van der Waals surface area contributed by atoms with Crippen LogP contribution in [0.4, 0.5) is 5.69 Å². The number of methoxy groups -OCH3 is 2. The molecule has 1 N–H and O–H groups in total. The maximum Gasteiger partial charge on any atom is 0.278 e. The van der Waals surface area contributed by atoms with Crippen LogP contribution in [0.25, 0.3) is 0 Å². The molecule has 1 fully saturated rings. The number of para-hydroxylation sites is 1. The number of carbonyl (C=O) groups is 1. The van der Waals surface area contributed by atoms with E-state index in [0.717, 1.165) is 31.7 Å². The van der Waals surface area contributed by atoms with Gasteiger partial charge in [0, 0.05) is 18.8 Å². The number of aryl methyl sites for hydroxylation is 1. The Kier molecular flexibility index (Phi) is 7.57. The van der Waals surface area contributed by atoms with Gasteiger partial charge in [0.05, 0.1) is 40.4 Å². The molecule has 0 radical (unpaired) electrons. The van der Waals surface area contributed by atoms with Gasteiger partial charge in [-0.2, -0.15) is 0 Å². The Morgan fingerprint density at radius 2 is 1.77 bits per heavy atom. The second-order valence-electron chi connectivity index (χ2n) is 7.80. The number of ether oxygens (including phenoxy) is 2. The molecule has 2 aromatic carbocycles. The molecule has 0 spiro atoms. The molecule has 0 aliphatic carbocycles. The van der Waals surface area contributed by atoms with Crippen LogP contribution in [0, 0.1) is 6.92 Å². The van der Waals surface area contributed by atoms with E-state index in [2.05, 4.69) is 36.1 Å². The summed E-state index contributed by atoms with van der Waals surface area (Å²) in [5, 5.41) is 0. The number of rotatable bonds is 8. The zero-order valence-corrected chi connectivity index (χ0v) is 18.6. The van der Waals surface area contributed by atoms with E-state index in [1.807, 2.05) is 30.0 Å². The molecule has 0 unspecified atom stereocenters. The van der Waals surface area contributed by atoms with Gasteiger partial charge in [-0.25, -0.2) is 0 Å². The molecule has 1 heterocycles. The smallest absolute Gasteiger partial charge is 0.278 e. The number of carbonyl (C=O) groups excluding carboxylic acids is 1. The standard InChI is InChI=1S/C24H33N3O3/c1-5-26(17-20-10-11-22(29-3)23(16-20)30-4)24(28)18-25-12-14-27(15-13-25)21-9-7-6-8-19(21)2/h6-11,16H,5,12-15,17-18H2,1-4H3/p+1. The second kappa shape index (κ2) is 10.3. The predicted octanol–water partition coefficient (Wildman–Crippen LogP) is 1.77. The largest absolute Gasteiger partial charge is 0.493 e. The number of benzene rings is 2. The van der Waals surface area contributed by atoms with E-state index < -0.39 is 0 Å². The lowest BCUT2D eigenvalue weighted by Crippen LogP contribution is -3.15. The Labute approximate surface area is 180 Å². The highest BCUT2D eigenvalue weighted by atomic mass is 16.5. The van der Waals surface area contributed by atoms with Crippen molar-refractivity contribution in [3.05, 3.63) is 53.6 Å². The van der Waals surface area contributed by atoms with Gasteiger partial charge in [0.1, 0.15) is 0 Å². The summed E-state index contributed by atoms with van der Waals surface area (Å²) in [4.78, 5) is 18.7. The van der Waals surface area contributed by atoms with Crippen molar-refractivity contribution >= 4 is 11.6 Å². The molecule has 0 bridgehead atoms. The quantitative estimate of drug-likeness (QED) is 0.718. The van der Waals surface area contributed by atoms with Crippen molar-refractivity contribution < 1.29 is 19.2 Å². The van der Waals surface area contributed by atoms with Crippen molar-refractivity contribution in [3.8, 4) is 11.5 Å². The first-order valence-corrected chi connectivity index (χ1v) is 10.7. The van der Waals surface area contributed by atoms with Crippen LogP contribution in [0.15, 0.2) is 42.5 Å². The molecular formula is C24H34N3O3+. The predicted molar refractivity (Wildman–Crippen MR) is 120 cm³/mol. The fraction of sp³-hybridized carbons (Fsp3) is 0.458. The van der Waals surface area contributed by atoms with Gasteiger partial charge in [0.25, 0.3) is 5.91 Å². The minimum Gasteiger partial charge on any atom is -0.493 e. The number of nitrogens with zero attached hydrogens (tertiary/aromatic N) is 2. The van der Waals surface area contributed by atoms with Gasteiger partial charge in [0.15, 0.2) is 18.0 Å². The molecule has 0 aromatic heterocycles. The van der Waals surface area contributed by atoms with Gasteiger partial charge >= 0.3 is 0 Å². The maximum absolute atomic E-state index is 13.0. The highest BCUT2D eigenvalue weighted by Crippen LogP contribution is 2.28. The van der Waals surface area contributed by atoms with E-state index in [1.165, 1.54) is 16.2 Å². The Balaban J connectivity index is 1.55. The summed E-state index contributed by atoms with van der Waals surface area (Å²) in [5.41, 5.74) is 3.66. The van der Waals surface area contributed by atoms with Crippen LogP contribution in [-0.2, 0) is 11.3 Å². The summed E-state index contributed by atoms with van der Waals surface area (Å²) in [6, 6.07) is 14.4. The molecular weight excluding hydrogens is 378 g/mol. The number of anilines is 1. The summed E-state index contributed by atoms with van der Waals surface area (Å²) in [5.74, 6) is 1.59. The van der Waals surface area contributed by atoms with Crippen molar-refractivity contribution in [3.63, 3.8) is 0 Å². The summed E-state index contributed by atoms with van der Waals surface area (Å²) < 4.78 is 10.7. The highest BCUT2D eigenvalue weighted by Gasteiger charge is 2.25. The summed E-state index contributed by atoms with van der Waals surface area (Å²) >= 11 is 0. The van der Waals surface area contributed by atoms with Gasteiger partial charge in [-0.15, -0.1) is 0 Å². The van der Waals surface area contributed by atoms with E-state index in [-0.39, 0.29) is 5.91 Å². The van der Waals surface area contributed by atoms with Crippen LogP contribution in [0.3, 0.4) is 0 Å². The molecule has 1 amide bonds. The van der Waals surface area contributed by atoms with Crippen LogP contribution in [-0.4, -0.2) is 64.3 Å². The zero-order valence-electron chi connectivity index (χ0n) is 18.6. The van der Waals surface area contributed by atoms with Crippen LogP contribution in [0.1, 0.15) is 18.1 Å². The number of hydrogen-bond donors (Lipinski definition) is 1. The molecule has 2 aromatic rings. The minimum absolute atomic E-state index is 0.201. The Morgan fingerprint density at radius 3 is 2.40 bits per heavy atom. The minimum atomic E-state index is 0.201. The lowest BCUT2D eigenvalue weighted by atomic mass is 10.1. The average Bonchev–Trinajstić information content (AvgIpc) is 2.78. The third kappa shape index (κ3) is 5.25. The third-order valence-corrected chi connectivity index (χ3v) is 5.88. The van der Waals surface area contributed by atoms with Crippen LogP contribution < -0.4 is 19.3 Å². The van der Waals surface area contributed by atoms with Crippen molar-refractivity contribution in [1.29, 1.82) is 0 Å². The SMILES string of the molecule is CCN(Cc1ccc(OC)c(OC)c1)C(=O)C[NH+]1CCN(c2ccccc2C)CC1. The topological polar surface area (TPSA) is 46.5 Å². The van der Waals surface area contributed by atoms with Crippen molar-refractivity contribution in [1.82, 2.24) is 4.90 Å². The lowest BCUT2D eigenvalue weighted by molar-refractivity contribution is -0.892. The van der Waals surface area contributed by atoms with E-state index in [9.17, 15) is 4.79 Å². The fourth-order valence-corrected chi connectivity index (χ4v) is 4.06. The molecule has 6 nitrogen and oxygen atoms in total. The Bertz CT molecular complexity index is 847. The van der Waals surface area contributed by atoms with Gasteiger partial charge in [0.2, 0.25) is 0 Å². The van der Waals surface area contributed by atoms with Gasteiger partial charge in [-0.3, -0.25) is 4.79 Å². The first-order chi connectivity index (χ1) is 14.5. The van der Waals surface area contributed by atoms with Crippen molar-refractivity contribution in [2.24, 2.45) is 0 Å². The molecule has 1 aliphatic heterocycles. The molecule has 6 heteroatoms. The summed E-state index contributed by atoms with van der Waals surface area (Å²) in [6.07, 6.45) is 0. The van der Waals surface area contributed by atoms with Gasteiger partial charge < -0.3 is 24.2 Å². The number of quaternary nitrogens is 1.